The van der Waals surface area contributed by atoms with E-state index >= 15 is 0 Å². The maximum absolute atomic E-state index is 10.9. The zero-order chi connectivity index (χ0) is 17.1. The molecule has 0 atom stereocenters. The zero-order valence-corrected chi connectivity index (χ0v) is 14.0. The van der Waals surface area contributed by atoms with Gasteiger partial charge in [-0.05, 0) is 41.0 Å². The summed E-state index contributed by atoms with van der Waals surface area (Å²) in [6.45, 7) is 0. The predicted molar refractivity (Wildman–Crippen MR) is 96.9 cm³/mol. The van der Waals surface area contributed by atoms with Crippen molar-refractivity contribution in [2.45, 2.75) is 5.92 Å². The smallest absolute Gasteiger partial charge is 0.258 e. The number of hydrogen-bond donors (Lipinski definition) is 0. The lowest BCUT2D eigenvalue weighted by molar-refractivity contribution is -0.384. The van der Waals surface area contributed by atoms with E-state index in [1.165, 1.54) is 12.1 Å². The number of nitro benzene ring substituents is 1. The molecular formula is C19H13Cl2NO2. The number of rotatable bonds is 4. The summed E-state index contributed by atoms with van der Waals surface area (Å²) in [7, 11) is 0. The lowest BCUT2D eigenvalue weighted by Gasteiger charge is -2.19. The molecule has 0 saturated heterocycles. The van der Waals surface area contributed by atoms with E-state index < -0.39 is 4.92 Å². The summed E-state index contributed by atoms with van der Waals surface area (Å²) in [4.78, 5) is 10.5. The fourth-order valence-corrected chi connectivity index (χ4v) is 2.93. The highest BCUT2D eigenvalue weighted by Gasteiger charge is 2.18. The molecule has 24 heavy (non-hydrogen) atoms. The molecule has 5 heteroatoms. The summed E-state index contributed by atoms with van der Waals surface area (Å²) < 4.78 is 0. The number of halogens is 2. The zero-order valence-electron chi connectivity index (χ0n) is 12.5. The minimum atomic E-state index is -0.399. The molecule has 0 aromatic heterocycles. The third-order valence-corrected chi connectivity index (χ3v) is 4.35. The van der Waals surface area contributed by atoms with Crippen molar-refractivity contribution < 1.29 is 4.92 Å². The van der Waals surface area contributed by atoms with Crippen LogP contribution in [0, 0.1) is 10.1 Å². The van der Waals surface area contributed by atoms with E-state index in [1.807, 2.05) is 48.5 Å². The first-order chi connectivity index (χ1) is 11.5. The number of nitrogens with zero attached hydrogens (tertiary/aromatic N) is 1. The third-order valence-electron chi connectivity index (χ3n) is 3.84. The van der Waals surface area contributed by atoms with E-state index in [4.69, 9.17) is 23.2 Å². The molecule has 0 amide bonds. The number of nitro groups is 1. The SMILES string of the molecule is O=[N+]([O-])c1ccc(C(c2ccc(Cl)cc2)c2ccc(Cl)cc2)cc1. The van der Waals surface area contributed by atoms with Crippen molar-refractivity contribution in [3.63, 3.8) is 0 Å². The van der Waals surface area contributed by atoms with Crippen LogP contribution in [0.5, 0.6) is 0 Å². The second-order valence-corrected chi connectivity index (χ2v) is 6.26. The Morgan fingerprint density at radius 3 is 1.33 bits per heavy atom. The molecule has 3 aromatic carbocycles. The molecule has 0 aliphatic heterocycles. The van der Waals surface area contributed by atoms with Crippen LogP contribution >= 0.6 is 23.2 Å². The van der Waals surface area contributed by atoms with Crippen LogP contribution in [0.15, 0.2) is 72.8 Å². The Bertz CT molecular complexity index is 799. The Labute approximate surface area is 149 Å². The molecular weight excluding hydrogens is 345 g/mol. The van der Waals surface area contributed by atoms with Crippen molar-refractivity contribution in [1.82, 2.24) is 0 Å². The van der Waals surface area contributed by atoms with E-state index in [0.29, 0.717) is 10.0 Å². The first kappa shape index (κ1) is 16.5. The van der Waals surface area contributed by atoms with Gasteiger partial charge in [-0.15, -0.1) is 0 Å². The van der Waals surface area contributed by atoms with E-state index in [-0.39, 0.29) is 11.6 Å². The molecule has 3 nitrogen and oxygen atoms in total. The van der Waals surface area contributed by atoms with Crippen LogP contribution in [0.3, 0.4) is 0 Å². The second kappa shape index (κ2) is 7.04. The first-order valence-electron chi connectivity index (χ1n) is 7.30. The van der Waals surface area contributed by atoms with Crippen molar-refractivity contribution in [2.75, 3.05) is 0 Å². The molecule has 0 fully saturated rings. The van der Waals surface area contributed by atoms with Gasteiger partial charge in [0.15, 0.2) is 0 Å². The van der Waals surface area contributed by atoms with Crippen molar-refractivity contribution in [1.29, 1.82) is 0 Å². The highest BCUT2D eigenvalue weighted by Crippen LogP contribution is 2.33. The summed E-state index contributed by atoms with van der Waals surface area (Å²) >= 11 is 12.0. The number of non-ortho nitro benzene ring substituents is 1. The van der Waals surface area contributed by atoms with Crippen LogP contribution in [0.1, 0.15) is 22.6 Å². The summed E-state index contributed by atoms with van der Waals surface area (Å²) in [5.41, 5.74) is 3.14. The van der Waals surface area contributed by atoms with Gasteiger partial charge in [-0.1, -0.05) is 59.6 Å². The number of hydrogen-bond acceptors (Lipinski definition) is 2. The van der Waals surface area contributed by atoms with Crippen LogP contribution in [-0.2, 0) is 0 Å². The van der Waals surface area contributed by atoms with Crippen molar-refractivity contribution >= 4 is 28.9 Å². The number of benzene rings is 3. The molecule has 0 N–H and O–H groups in total. The maximum atomic E-state index is 10.9. The second-order valence-electron chi connectivity index (χ2n) is 5.38. The fourth-order valence-electron chi connectivity index (χ4n) is 2.68. The summed E-state index contributed by atoms with van der Waals surface area (Å²) in [6, 6.07) is 21.8. The van der Waals surface area contributed by atoms with Gasteiger partial charge in [0.05, 0.1) is 4.92 Å². The van der Waals surface area contributed by atoms with E-state index in [0.717, 1.165) is 16.7 Å². The topological polar surface area (TPSA) is 43.1 Å². The first-order valence-corrected chi connectivity index (χ1v) is 8.05. The third kappa shape index (κ3) is 3.58. The molecule has 0 aliphatic rings. The van der Waals surface area contributed by atoms with Gasteiger partial charge in [0.2, 0.25) is 0 Å². The maximum Gasteiger partial charge on any atom is 0.269 e. The van der Waals surface area contributed by atoms with E-state index in [9.17, 15) is 10.1 Å². The molecule has 0 spiro atoms. The Kier molecular flexibility index (Phi) is 4.84. The van der Waals surface area contributed by atoms with Gasteiger partial charge >= 0.3 is 0 Å². The van der Waals surface area contributed by atoms with Gasteiger partial charge in [0, 0.05) is 28.1 Å². The molecule has 120 valence electrons. The summed E-state index contributed by atoms with van der Waals surface area (Å²) in [5.74, 6) is -0.0552. The van der Waals surface area contributed by atoms with Crippen molar-refractivity contribution in [3.05, 3.63) is 110 Å². The van der Waals surface area contributed by atoms with Gasteiger partial charge < -0.3 is 0 Å². The molecule has 0 saturated carbocycles. The Morgan fingerprint density at radius 2 is 1.00 bits per heavy atom. The molecule has 0 radical (unpaired) electrons. The minimum Gasteiger partial charge on any atom is -0.258 e. The molecule has 0 bridgehead atoms. The van der Waals surface area contributed by atoms with Crippen LogP contribution in [0.4, 0.5) is 5.69 Å². The largest absolute Gasteiger partial charge is 0.269 e. The van der Waals surface area contributed by atoms with Crippen LogP contribution in [0.25, 0.3) is 0 Å². The summed E-state index contributed by atoms with van der Waals surface area (Å²) in [5, 5.41) is 12.2. The van der Waals surface area contributed by atoms with E-state index in [2.05, 4.69) is 0 Å². The molecule has 0 aliphatic carbocycles. The molecule has 0 unspecified atom stereocenters. The van der Waals surface area contributed by atoms with Crippen LogP contribution in [-0.4, -0.2) is 4.92 Å². The fraction of sp³-hybridized carbons (Fsp3) is 0.0526. The molecule has 0 heterocycles. The van der Waals surface area contributed by atoms with Crippen molar-refractivity contribution in [3.8, 4) is 0 Å². The molecule has 3 rings (SSSR count). The average Bonchev–Trinajstić information content (AvgIpc) is 2.59. The average molecular weight is 358 g/mol. The Balaban J connectivity index is 2.08. The van der Waals surface area contributed by atoms with Gasteiger partial charge in [0.25, 0.3) is 5.69 Å². The highest BCUT2D eigenvalue weighted by atomic mass is 35.5. The van der Waals surface area contributed by atoms with Crippen molar-refractivity contribution in [2.24, 2.45) is 0 Å². The summed E-state index contributed by atoms with van der Waals surface area (Å²) in [6.07, 6.45) is 0. The van der Waals surface area contributed by atoms with Crippen LogP contribution < -0.4 is 0 Å². The highest BCUT2D eigenvalue weighted by molar-refractivity contribution is 6.30. The quantitative estimate of drug-likeness (QED) is 0.322. The lowest BCUT2D eigenvalue weighted by Crippen LogP contribution is -2.03. The monoisotopic (exact) mass is 357 g/mol. The molecule has 3 aromatic rings. The predicted octanol–water partition coefficient (Wildman–Crippen LogP) is 6.08. The van der Waals surface area contributed by atoms with Gasteiger partial charge in [-0.25, -0.2) is 0 Å². The van der Waals surface area contributed by atoms with Crippen LogP contribution in [0.2, 0.25) is 10.0 Å². The Hall–Kier alpha value is -2.36. The lowest BCUT2D eigenvalue weighted by atomic mass is 9.85. The van der Waals surface area contributed by atoms with E-state index in [1.54, 1.807) is 12.1 Å². The van der Waals surface area contributed by atoms with Gasteiger partial charge in [-0.2, -0.15) is 0 Å². The standard InChI is InChI=1S/C19H13Cl2NO2/c20-16-7-1-13(2-8-16)19(14-3-9-17(21)10-4-14)15-5-11-18(12-6-15)22(23)24/h1-12,19H. The Morgan fingerprint density at radius 1 is 0.667 bits per heavy atom. The minimum absolute atomic E-state index is 0.0552. The van der Waals surface area contributed by atoms with Gasteiger partial charge in [-0.3, -0.25) is 10.1 Å². The van der Waals surface area contributed by atoms with Gasteiger partial charge in [0.1, 0.15) is 0 Å². The normalized spacial score (nSPS) is 10.8.